The highest BCUT2D eigenvalue weighted by Crippen LogP contribution is 2.10. The topological polar surface area (TPSA) is 94.5 Å². The molecule has 0 amide bonds. The van der Waals surface area contributed by atoms with Crippen molar-refractivity contribution in [3.05, 3.63) is 57.0 Å². The number of hydrogen-bond acceptors (Lipinski definition) is 3. The highest BCUT2D eigenvalue weighted by molar-refractivity contribution is 5.79. The van der Waals surface area contributed by atoms with Crippen molar-refractivity contribution >= 4 is 17.0 Å². The van der Waals surface area contributed by atoms with E-state index in [2.05, 4.69) is 20.0 Å². The largest absolute Gasteiger partial charge is 0.313 e. The third-order valence-electron chi connectivity index (χ3n) is 2.23. The monoisotopic (exact) mass is 227 g/mol. The molecule has 0 atom stereocenters. The van der Waals surface area contributed by atoms with Crippen LogP contribution in [0.1, 0.15) is 5.56 Å². The van der Waals surface area contributed by atoms with E-state index in [1.54, 1.807) is 18.2 Å². The normalized spacial score (nSPS) is 10.6. The summed E-state index contributed by atoms with van der Waals surface area (Å²) in [5.74, 6) is 0. The van der Waals surface area contributed by atoms with Crippen LogP contribution in [-0.2, 0) is 0 Å². The molecule has 1 N–H and O–H groups in total. The Bertz CT molecular complexity index is 667. The zero-order valence-corrected chi connectivity index (χ0v) is 8.87. The molecule has 0 saturated heterocycles. The van der Waals surface area contributed by atoms with E-state index in [-0.39, 0.29) is 5.56 Å². The van der Waals surface area contributed by atoms with E-state index in [9.17, 15) is 4.79 Å². The molecule has 0 saturated carbocycles. The molecular formula is C11H9N5O. The van der Waals surface area contributed by atoms with Crippen LogP contribution in [-0.4, -0.2) is 16.5 Å². The van der Waals surface area contributed by atoms with Crippen LogP contribution in [0.5, 0.6) is 0 Å². The lowest BCUT2D eigenvalue weighted by Gasteiger charge is -1.97. The van der Waals surface area contributed by atoms with Crippen molar-refractivity contribution in [3.8, 4) is 0 Å². The Morgan fingerprint density at radius 2 is 2.41 bits per heavy atom. The molecule has 6 heteroatoms. The van der Waals surface area contributed by atoms with Gasteiger partial charge in [-0.05, 0) is 23.2 Å². The Morgan fingerprint density at radius 1 is 1.53 bits per heavy atom. The molecule has 0 bridgehead atoms. The van der Waals surface area contributed by atoms with E-state index in [1.165, 1.54) is 6.33 Å². The minimum atomic E-state index is -0.153. The van der Waals surface area contributed by atoms with Gasteiger partial charge in [0.25, 0.3) is 5.56 Å². The molecule has 0 fully saturated rings. The Kier molecular flexibility index (Phi) is 3.18. The van der Waals surface area contributed by atoms with E-state index in [0.717, 1.165) is 5.56 Å². The predicted octanol–water partition coefficient (Wildman–Crippen LogP) is 2.25. The van der Waals surface area contributed by atoms with Crippen molar-refractivity contribution in [2.45, 2.75) is 0 Å². The second-order valence-corrected chi connectivity index (χ2v) is 3.32. The number of nitrogens with zero attached hydrogens (tertiary/aromatic N) is 4. The fraction of sp³-hybridized carbons (Fsp3) is 0.0909. The summed E-state index contributed by atoms with van der Waals surface area (Å²) >= 11 is 0. The molecule has 2 rings (SSSR count). The first-order valence-corrected chi connectivity index (χ1v) is 4.96. The van der Waals surface area contributed by atoms with Crippen LogP contribution in [0.4, 0.5) is 0 Å². The number of azide groups is 1. The highest BCUT2D eigenvalue weighted by atomic mass is 16.1. The van der Waals surface area contributed by atoms with Crippen LogP contribution >= 0.6 is 0 Å². The van der Waals surface area contributed by atoms with Gasteiger partial charge in [-0.3, -0.25) is 4.79 Å². The van der Waals surface area contributed by atoms with Gasteiger partial charge in [-0.2, -0.15) is 0 Å². The molecule has 84 valence electrons. The van der Waals surface area contributed by atoms with Crippen molar-refractivity contribution in [1.82, 2.24) is 9.97 Å². The molecular weight excluding hydrogens is 218 g/mol. The standard InChI is InChI=1S/C11H9N5O/c12-16-15-5-1-2-8-3-4-9-10(6-8)13-7-14-11(9)17/h1-4,6-7H,5H2,(H,13,14,17). The summed E-state index contributed by atoms with van der Waals surface area (Å²) in [6, 6.07) is 5.33. The number of aromatic amines is 1. The molecule has 0 unspecified atom stereocenters. The van der Waals surface area contributed by atoms with E-state index in [1.807, 2.05) is 12.1 Å². The maximum absolute atomic E-state index is 11.4. The second-order valence-electron chi connectivity index (χ2n) is 3.32. The van der Waals surface area contributed by atoms with Crippen LogP contribution in [0, 0.1) is 0 Å². The van der Waals surface area contributed by atoms with Gasteiger partial charge in [0.15, 0.2) is 0 Å². The summed E-state index contributed by atoms with van der Waals surface area (Å²) in [5.41, 5.74) is 9.50. The van der Waals surface area contributed by atoms with E-state index >= 15 is 0 Å². The van der Waals surface area contributed by atoms with E-state index in [0.29, 0.717) is 17.4 Å². The van der Waals surface area contributed by atoms with Gasteiger partial charge < -0.3 is 4.98 Å². The van der Waals surface area contributed by atoms with E-state index in [4.69, 9.17) is 5.53 Å². The molecule has 0 radical (unpaired) electrons. The minimum Gasteiger partial charge on any atom is -0.313 e. The Morgan fingerprint density at radius 3 is 3.24 bits per heavy atom. The molecule has 0 aliphatic rings. The summed E-state index contributed by atoms with van der Waals surface area (Å²) in [6.45, 7) is 0.303. The van der Waals surface area contributed by atoms with Crippen LogP contribution in [0.2, 0.25) is 0 Å². The number of nitrogens with one attached hydrogen (secondary N) is 1. The van der Waals surface area contributed by atoms with Gasteiger partial charge >= 0.3 is 0 Å². The maximum Gasteiger partial charge on any atom is 0.258 e. The number of hydrogen-bond donors (Lipinski definition) is 1. The first-order chi connectivity index (χ1) is 8.31. The van der Waals surface area contributed by atoms with Gasteiger partial charge in [-0.1, -0.05) is 23.3 Å². The van der Waals surface area contributed by atoms with Crippen LogP contribution in [0.15, 0.2) is 40.5 Å². The molecule has 2 aromatic rings. The van der Waals surface area contributed by atoms with Gasteiger partial charge in [0.1, 0.15) is 0 Å². The maximum atomic E-state index is 11.4. The summed E-state index contributed by atoms with van der Waals surface area (Å²) in [4.78, 5) is 20.7. The number of benzene rings is 1. The van der Waals surface area contributed by atoms with Crippen molar-refractivity contribution in [2.24, 2.45) is 5.11 Å². The third-order valence-corrected chi connectivity index (χ3v) is 2.23. The lowest BCUT2D eigenvalue weighted by molar-refractivity contribution is 1.17. The van der Waals surface area contributed by atoms with Gasteiger partial charge in [0.2, 0.25) is 0 Å². The predicted molar refractivity (Wildman–Crippen MR) is 65.4 cm³/mol. The van der Waals surface area contributed by atoms with Crippen LogP contribution < -0.4 is 5.56 Å². The first kappa shape index (κ1) is 10.9. The molecule has 6 nitrogen and oxygen atoms in total. The lowest BCUT2D eigenvalue weighted by atomic mass is 10.1. The number of rotatable bonds is 3. The van der Waals surface area contributed by atoms with Crippen molar-refractivity contribution in [2.75, 3.05) is 6.54 Å². The quantitative estimate of drug-likeness (QED) is 0.494. The zero-order chi connectivity index (χ0) is 12.1. The summed E-state index contributed by atoms with van der Waals surface area (Å²) in [6.07, 6.45) is 4.93. The van der Waals surface area contributed by atoms with Crippen molar-refractivity contribution in [1.29, 1.82) is 0 Å². The van der Waals surface area contributed by atoms with Gasteiger partial charge in [0, 0.05) is 11.5 Å². The fourth-order valence-corrected chi connectivity index (χ4v) is 1.46. The van der Waals surface area contributed by atoms with Gasteiger partial charge in [-0.25, -0.2) is 4.98 Å². The number of fused-ring (bicyclic) bond motifs is 1. The Labute approximate surface area is 96.3 Å². The van der Waals surface area contributed by atoms with Crippen LogP contribution in [0.25, 0.3) is 27.4 Å². The van der Waals surface area contributed by atoms with Gasteiger partial charge in [-0.15, -0.1) is 0 Å². The average molecular weight is 227 g/mol. The minimum absolute atomic E-state index is 0.153. The smallest absolute Gasteiger partial charge is 0.258 e. The molecule has 0 spiro atoms. The Balaban J connectivity index is 2.35. The zero-order valence-electron chi connectivity index (χ0n) is 8.87. The average Bonchev–Trinajstić information content (AvgIpc) is 2.35. The summed E-state index contributed by atoms with van der Waals surface area (Å²) < 4.78 is 0. The second kappa shape index (κ2) is 4.96. The van der Waals surface area contributed by atoms with Crippen molar-refractivity contribution in [3.63, 3.8) is 0 Å². The lowest BCUT2D eigenvalue weighted by Crippen LogP contribution is -2.05. The summed E-state index contributed by atoms with van der Waals surface area (Å²) in [7, 11) is 0. The first-order valence-electron chi connectivity index (χ1n) is 4.96. The molecule has 17 heavy (non-hydrogen) atoms. The summed E-state index contributed by atoms with van der Waals surface area (Å²) in [5, 5.41) is 3.94. The number of H-pyrrole nitrogens is 1. The Hall–Kier alpha value is -2.59. The number of aromatic nitrogens is 2. The van der Waals surface area contributed by atoms with Gasteiger partial charge in [0.05, 0.1) is 17.2 Å². The SMILES string of the molecule is [N-]=[N+]=NCC=Cc1ccc2c(=O)[nH]cnc2c1. The van der Waals surface area contributed by atoms with Crippen LogP contribution in [0.3, 0.4) is 0 Å². The van der Waals surface area contributed by atoms with E-state index < -0.39 is 0 Å². The molecule has 1 heterocycles. The third kappa shape index (κ3) is 2.50. The molecule has 1 aromatic heterocycles. The molecule has 0 aliphatic heterocycles. The highest BCUT2D eigenvalue weighted by Gasteiger charge is 1.98. The molecule has 0 aliphatic carbocycles. The van der Waals surface area contributed by atoms with Crippen molar-refractivity contribution < 1.29 is 0 Å². The fourth-order valence-electron chi connectivity index (χ4n) is 1.46. The molecule has 1 aromatic carbocycles.